The second-order valence-corrected chi connectivity index (χ2v) is 5.65. The maximum Gasteiger partial charge on any atom is 0.222 e. The van der Waals surface area contributed by atoms with E-state index in [1.165, 1.54) is 12.8 Å². The highest BCUT2D eigenvalue weighted by atomic mass is 32.2. The summed E-state index contributed by atoms with van der Waals surface area (Å²) in [6, 6.07) is 0.519. The first-order valence-corrected chi connectivity index (χ1v) is 7.09. The molecular weight excluding hydrogens is 250 g/mol. The van der Waals surface area contributed by atoms with Crippen molar-refractivity contribution in [2.24, 2.45) is 5.73 Å². The monoisotopic (exact) mass is 269 g/mol. The maximum absolute atomic E-state index is 11.5. The number of aromatic nitrogens is 3. The van der Waals surface area contributed by atoms with Gasteiger partial charge in [-0.15, -0.1) is 10.2 Å². The molecule has 0 spiro atoms. The van der Waals surface area contributed by atoms with Crippen LogP contribution < -0.4 is 5.73 Å². The van der Waals surface area contributed by atoms with E-state index in [-0.39, 0.29) is 5.91 Å². The first-order valence-electron chi connectivity index (χ1n) is 6.10. The summed E-state index contributed by atoms with van der Waals surface area (Å²) in [7, 11) is 3.54. The van der Waals surface area contributed by atoms with Gasteiger partial charge >= 0.3 is 0 Å². The molecule has 0 saturated heterocycles. The minimum Gasteiger partial charge on any atom is -0.349 e. The molecule has 2 rings (SSSR count). The number of carbonyl (C=O) groups is 1. The number of rotatable bonds is 6. The van der Waals surface area contributed by atoms with Gasteiger partial charge in [-0.3, -0.25) is 4.79 Å². The molecule has 1 aromatic heterocycles. The molecule has 1 amide bonds. The molecule has 18 heavy (non-hydrogen) atoms. The Morgan fingerprint density at radius 3 is 2.78 bits per heavy atom. The molecule has 1 aliphatic rings. The van der Waals surface area contributed by atoms with Crippen LogP contribution in [0.4, 0.5) is 0 Å². The Morgan fingerprint density at radius 1 is 1.50 bits per heavy atom. The third-order valence-electron chi connectivity index (χ3n) is 2.88. The fraction of sp³-hybridized carbons (Fsp3) is 0.727. The average molecular weight is 269 g/mol. The Morgan fingerprint density at radius 2 is 2.22 bits per heavy atom. The summed E-state index contributed by atoms with van der Waals surface area (Å²) in [5.74, 6) is 1.71. The number of amides is 1. The van der Waals surface area contributed by atoms with Gasteiger partial charge in [-0.05, 0) is 12.8 Å². The Bertz CT molecular complexity index is 427. The van der Waals surface area contributed by atoms with Gasteiger partial charge in [0.2, 0.25) is 5.91 Å². The van der Waals surface area contributed by atoms with Gasteiger partial charge in [0.1, 0.15) is 5.82 Å². The summed E-state index contributed by atoms with van der Waals surface area (Å²) in [5, 5.41) is 9.15. The van der Waals surface area contributed by atoms with Crippen molar-refractivity contribution in [1.82, 2.24) is 19.7 Å². The number of carbonyl (C=O) groups excluding carboxylic acids is 1. The lowest BCUT2D eigenvalue weighted by Crippen LogP contribution is -2.21. The summed E-state index contributed by atoms with van der Waals surface area (Å²) in [6.07, 6.45) is 2.87. The molecule has 0 bridgehead atoms. The second kappa shape index (κ2) is 5.71. The van der Waals surface area contributed by atoms with Crippen LogP contribution in [0.2, 0.25) is 0 Å². The van der Waals surface area contributed by atoms with Gasteiger partial charge in [0.05, 0.1) is 6.54 Å². The Kier molecular flexibility index (Phi) is 4.23. The minimum atomic E-state index is 0.138. The molecule has 1 saturated carbocycles. The molecule has 0 radical (unpaired) electrons. The standard InChI is InChI=1S/C11H19N5OS/c1-15(2)10(17)5-6-18-11-14-13-9(7-12)16(11)8-3-4-8/h8H,3-7,12H2,1-2H3. The average Bonchev–Trinajstić information content (AvgIpc) is 3.10. The zero-order valence-electron chi connectivity index (χ0n) is 10.8. The van der Waals surface area contributed by atoms with Crippen LogP contribution in [0, 0.1) is 0 Å². The van der Waals surface area contributed by atoms with Gasteiger partial charge < -0.3 is 15.2 Å². The van der Waals surface area contributed by atoms with Crippen LogP contribution in [0.15, 0.2) is 5.16 Å². The third-order valence-corrected chi connectivity index (χ3v) is 3.82. The second-order valence-electron chi connectivity index (χ2n) is 4.59. The molecule has 7 heteroatoms. The number of nitrogens with zero attached hydrogens (tertiary/aromatic N) is 4. The molecule has 1 fully saturated rings. The Labute approximate surface area is 111 Å². The first kappa shape index (κ1) is 13.4. The lowest BCUT2D eigenvalue weighted by Gasteiger charge is -2.10. The zero-order valence-corrected chi connectivity index (χ0v) is 11.6. The molecule has 2 N–H and O–H groups in total. The van der Waals surface area contributed by atoms with E-state index < -0.39 is 0 Å². The van der Waals surface area contributed by atoms with E-state index in [4.69, 9.17) is 5.73 Å². The fourth-order valence-electron chi connectivity index (χ4n) is 1.70. The molecule has 0 aliphatic heterocycles. The summed E-state index contributed by atoms with van der Waals surface area (Å²) < 4.78 is 2.13. The highest BCUT2D eigenvalue weighted by Crippen LogP contribution is 2.38. The maximum atomic E-state index is 11.5. The van der Waals surface area contributed by atoms with Crippen molar-refractivity contribution < 1.29 is 4.79 Å². The SMILES string of the molecule is CN(C)C(=O)CCSc1nnc(CN)n1C1CC1. The first-order chi connectivity index (χ1) is 8.63. The molecule has 1 aliphatic carbocycles. The van der Waals surface area contributed by atoms with Crippen LogP contribution in [0.25, 0.3) is 0 Å². The number of nitrogens with two attached hydrogens (primary N) is 1. The van der Waals surface area contributed by atoms with E-state index >= 15 is 0 Å². The van der Waals surface area contributed by atoms with Gasteiger partial charge in [-0.25, -0.2) is 0 Å². The predicted octanol–water partition coefficient (Wildman–Crippen LogP) is 0.642. The van der Waals surface area contributed by atoms with Crippen LogP contribution >= 0.6 is 11.8 Å². The van der Waals surface area contributed by atoms with Gasteiger partial charge in [0.25, 0.3) is 0 Å². The van der Waals surface area contributed by atoms with Gasteiger partial charge in [-0.2, -0.15) is 0 Å². The quantitative estimate of drug-likeness (QED) is 0.767. The predicted molar refractivity (Wildman–Crippen MR) is 70.2 cm³/mol. The van der Waals surface area contributed by atoms with Crippen molar-refractivity contribution in [2.75, 3.05) is 19.8 Å². The normalized spacial score (nSPS) is 14.8. The lowest BCUT2D eigenvalue weighted by atomic mass is 10.4. The topological polar surface area (TPSA) is 77.0 Å². The van der Waals surface area contributed by atoms with E-state index in [1.54, 1.807) is 30.8 Å². The van der Waals surface area contributed by atoms with E-state index in [2.05, 4.69) is 14.8 Å². The molecule has 6 nitrogen and oxygen atoms in total. The van der Waals surface area contributed by atoms with E-state index in [0.717, 1.165) is 16.7 Å². The summed E-state index contributed by atoms with van der Waals surface area (Å²) in [5.41, 5.74) is 5.65. The van der Waals surface area contributed by atoms with Crippen molar-refractivity contribution in [2.45, 2.75) is 37.0 Å². The van der Waals surface area contributed by atoms with Crippen molar-refractivity contribution in [1.29, 1.82) is 0 Å². The summed E-state index contributed by atoms with van der Waals surface area (Å²) in [6.45, 7) is 0.417. The van der Waals surface area contributed by atoms with E-state index in [0.29, 0.717) is 19.0 Å². The third kappa shape index (κ3) is 3.02. The zero-order chi connectivity index (χ0) is 13.1. The lowest BCUT2D eigenvalue weighted by molar-refractivity contribution is -0.128. The van der Waals surface area contributed by atoms with Crippen LogP contribution in [-0.2, 0) is 11.3 Å². The Balaban J connectivity index is 1.93. The number of thioether (sulfide) groups is 1. The molecule has 0 unspecified atom stereocenters. The number of hydrogen-bond donors (Lipinski definition) is 1. The fourth-order valence-corrected chi connectivity index (χ4v) is 2.65. The highest BCUT2D eigenvalue weighted by molar-refractivity contribution is 7.99. The van der Waals surface area contributed by atoms with Crippen molar-refractivity contribution >= 4 is 17.7 Å². The van der Waals surface area contributed by atoms with Crippen molar-refractivity contribution in [3.8, 4) is 0 Å². The number of hydrogen-bond acceptors (Lipinski definition) is 5. The molecule has 1 aromatic rings. The smallest absolute Gasteiger partial charge is 0.222 e. The van der Waals surface area contributed by atoms with Crippen LogP contribution in [0.5, 0.6) is 0 Å². The Hall–Kier alpha value is -1.08. The van der Waals surface area contributed by atoms with E-state index in [9.17, 15) is 4.79 Å². The van der Waals surface area contributed by atoms with Crippen LogP contribution in [0.1, 0.15) is 31.1 Å². The molecule has 0 aromatic carbocycles. The van der Waals surface area contributed by atoms with Gasteiger partial charge in [-0.1, -0.05) is 11.8 Å². The molecule has 0 atom stereocenters. The van der Waals surface area contributed by atoms with Crippen molar-refractivity contribution in [3.05, 3.63) is 5.82 Å². The minimum absolute atomic E-state index is 0.138. The van der Waals surface area contributed by atoms with Gasteiger partial charge in [0, 0.05) is 32.3 Å². The molecule has 1 heterocycles. The summed E-state index contributed by atoms with van der Waals surface area (Å²) >= 11 is 1.58. The van der Waals surface area contributed by atoms with E-state index in [1.807, 2.05) is 0 Å². The summed E-state index contributed by atoms with van der Waals surface area (Å²) in [4.78, 5) is 13.1. The molecule has 100 valence electrons. The van der Waals surface area contributed by atoms with Crippen molar-refractivity contribution in [3.63, 3.8) is 0 Å². The molecular formula is C11H19N5OS. The van der Waals surface area contributed by atoms with Gasteiger partial charge in [0.15, 0.2) is 5.16 Å². The van der Waals surface area contributed by atoms with Crippen LogP contribution in [-0.4, -0.2) is 45.4 Å². The highest BCUT2D eigenvalue weighted by Gasteiger charge is 2.29. The largest absolute Gasteiger partial charge is 0.349 e. The van der Waals surface area contributed by atoms with Crippen LogP contribution in [0.3, 0.4) is 0 Å².